The average Bonchev–Trinajstić information content (AvgIpc) is 3.00. The molecule has 19 heavy (non-hydrogen) atoms. The summed E-state index contributed by atoms with van der Waals surface area (Å²) < 4.78 is 26.4. The molecular formula is C11H17N3O4S. The van der Waals surface area contributed by atoms with E-state index in [9.17, 15) is 13.2 Å². The molecule has 0 saturated heterocycles. The highest BCUT2D eigenvalue weighted by Crippen LogP contribution is 2.24. The Hall–Kier alpha value is -1.41. The van der Waals surface area contributed by atoms with Crippen LogP contribution in [0.4, 0.5) is 0 Å². The van der Waals surface area contributed by atoms with Crippen molar-refractivity contribution in [1.82, 2.24) is 14.7 Å². The minimum atomic E-state index is -3.57. The Balaban J connectivity index is 2.06. The van der Waals surface area contributed by atoms with Crippen LogP contribution >= 0.6 is 0 Å². The molecule has 1 aromatic heterocycles. The SMILES string of the molecule is O=C(O)C(Cc1cnc[nH]1)NS(=O)(=O)C1CCCC1. The van der Waals surface area contributed by atoms with E-state index >= 15 is 0 Å². The Kier molecular flexibility index (Phi) is 4.20. The molecule has 3 N–H and O–H groups in total. The Morgan fingerprint density at radius 1 is 1.53 bits per heavy atom. The molecule has 2 rings (SSSR count). The van der Waals surface area contributed by atoms with Gasteiger partial charge in [-0.25, -0.2) is 18.1 Å². The van der Waals surface area contributed by atoms with Crippen molar-refractivity contribution in [3.8, 4) is 0 Å². The topological polar surface area (TPSA) is 112 Å². The van der Waals surface area contributed by atoms with Crippen molar-refractivity contribution < 1.29 is 18.3 Å². The fourth-order valence-corrected chi connectivity index (χ4v) is 4.02. The molecule has 0 radical (unpaired) electrons. The van der Waals surface area contributed by atoms with Crippen LogP contribution < -0.4 is 4.72 Å². The van der Waals surface area contributed by atoms with Gasteiger partial charge in [0.2, 0.25) is 10.0 Å². The lowest BCUT2D eigenvalue weighted by molar-refractivity contribution is -0.138. The summed E-state index contributed by atoms with van der Waals surface area (Å²) in [6.45, 7) is 0. The van der Waals surface area contributed by atoms with Gasteiger partial charge in [-0.15, -0.1) is 0 Å². The highest BCUT2D eigenvalue weighted by Gasteiger charge is 2.33. The highest BCUT2D eigenvalue weighted by atomic mass is 32.2. The zero-order valence-electron chi connectivity index (χ0n) is 10.4. The molecule has 7 nitrogen and oxygen atoms in total. The quantitative estimate of drug-likeness (QED) is 0.695. The summed E-state index contributed by atoms with van der Waals surface area (Å²) >= 11 is 0. The molecule has 1 aliphatic carbocycles. The Labute approximate surface area is 111 Å². The summed E-state index contributed by atoms with van der Waals surface area (Å²) in [4.78, 5) is 17.7. The van der Waals surface area contributed by atoms with E-state index in [1.165, 1.54) is 12.5 Å². The number of carboxylic acids is 1. The van der Waals surface area contributed by atoms with Gasteiger partial charge in [-0.1, -0.05) is 12.8 Å². The number of carbonyl (C=O) groups is 1. The number of hydrogen-bond donors (Lipinski definition) is 3. The van der Waals surface area contributed by atoms with Crippen molar-refractivity contribution in [2.75, 3.05) is 0 Å². The van der Waals surface area contributed by atoms with Crippen LogP contribution in [0, 0.1) is 0 Å². The van der Waals surface area contributed by atoms with E-state index in [1.807, 2.05) is 0 Å². The first-order valence-electron chi connectivity index (χ1n) is 6.20. The average molecular weight is 287 g/mol. The third kappa shape index (κ3) is 3.54. The number of aliphatic carboxylic acids is 1. The summed E-state index contributed by atoms with van der Waals surface area (Å²) in [7, 11) is -3.57. The second kappa shape index (κ2) is 5.70. The molecule has 1 unspecified atom stereocenters. The van der Waals surface area contributed by atoms with E-state index < -0.39 is 27.3 Å². The number of hydrogen-bond acceptors (Lipinski definition) is 4. The lowest BCUT2D eigenvalue weighted by Crippen LogP contribution is -2.45. The molecule has 1 aromatic rings. The number of carboxylic acid groups (broad SMARTS) is 1. The number of nitrogens with zero attached hydrogens (tertiary/aromatic N) is 1. The van der Waals surface area contributed by atoms with E-state index in [0.29, 0.717) is 18.5 Å². The Morgan fingerprint density at radius 3 is 2.74 bits per heavy atom. The van der Waals surface area contributed by atoms with Crippen molar-refractivity contribution in [1.29, 1.82) is 0 Å². The van der Waals surface area contributed by atoms with E-state index in [1.54, 1.807) is 0 Å². The van der Waals surface area contributed by atoms with Crippen LogP contribution in [0.25, 0.3) is 0 Å². The van der Waals surface area contributed by atoms with Crippen LogP contribution in [-0.4, -0.2) is 40.8 Å². The standard InChI is InChI=1S/C11H17N3O4S/c15-11(16)10(5-8-6-12-7-13-8)14-19(17,18)9-3-1-2-4-9/h6-7,9-10,14H,1-5H2,(H,12,13)(H,15,16). The van der Waals surface area contributed by atoms with E-state index in [0.717, 1.165) is 12.8 Å². The van der Waals surface area contributed by atoms with Crippen molar-refractivity contribution in [2.24, 2.45) is 0 Å². The summed E-state index contributed by atoms with van der Waals surface area (Å²) in [5.41, 5.74) is 0.585. The van der Waals surface area contributed by atoms with Gasteiger partial charge >= 0.3 is 5.97 Å². The number of rotatable bonds is 6. The van der Waals surface area contributed by atoms with Crippen LogP contribution in [0.15, 0.2) is 12.5 Å². The second-order valence-electron chi connectivity index (χ2n) is 4.74. The van der Waals surface area contributed by atoms with Crippen LogP contribution in [-0.2, 0) is 21.2 Å². The van der Waals surface area contributed by atoms with Gasteiger partial charge in [-0.2, -0.15) is 0 Å². The predicted octanol–water partition coefficient (Wildman–Crippen LogP) is 0.267. The molecule has 1 fully saturated rings. The third-order valence-electron chi connectivity index (χ3n) is 3.32. The number of aromatic amines is 1. The maximum Gasteiger partial charge on any atom is 0.322 e. The number of sulfonamides is 1. The molecule has 0 aliphatic heterocycles. The largest absolute Gasteiger partial charge is 0.480 e. The van der Waals surface area contributed by atoms with Gasteiger partial charge in [-0.05, 0) is 12.8 Å². The summed E-state index contributed by atoms with van der Waals surface area (Å²) in [6.07, 6.45) is 5.94. The number of imidazole rings is 1. The van der Waals surface area contributed by atoms with E-state index in [4.69, 9.17) is 5.11 Å². The zero-order chi connectivity index (χ0) is 13.9. The van der Waals surface area contributed by atoms with Crippen molar-refractivity contribution >= 4 is 16.0 Å². The Bertz CT molecular complexity index is 520. The molecule has 1 heterocycles. The molecule has 0 bridgehead atoms. The maximum atomic E-state index is 12.1. The minimum absolute atomic E-state index is 0.0568. The van der Waals surface area contributed by atoms with Gasteiger partial charge in [0.05, 0.1) is 11.6 Å². The zero-order valence-corrected chi connectivity index (χ0v) is 11.2. The van der Waals surface area contributed by atoms with Gasteiger partial charge in [0, 0.05) is 18.3 Å². The molecule has 8 heteroatoms. The van der Waals surface area contributed by atoms with Crippen molar-refractivity contribution in [2.45, 2.75) is 43.4 Å². The normalized spacial score (nSPS) is 18.5. The fraction of sp³-hybridized carbons (Fsp3) is 0.636. The van der Waals surface area contributed by atoms with Gasteiger partial charge in [0.15, 0.2) is 0 Å². The minimum Gasteiger partial charge on any atom is -0.480 e. The summed E-state index contributed by atoms with van der Waals surface area (Å²) in [5, 5.41) is 8.66. The number of H-pyrrole nitrogens is 1. The molecule has 1 atom stereocenters. The lowest BCUT2D eigenvalue weighted by atomic mass is 10.2. The van der Waals surface area contributed by atoms with Crippen LogP contribution in [0.2, 0.25) is 0 Å². The highest BCUT2D eigenvalue weighted by molar-refractivity contribution is 7.90. The number of aromatic nitrogens is 2. The lowest BCUT2D eigenvalue weighted by Gasteiger charge is -2.17. The smallest absolute Gasteiger partial charge is 0.322 e. The van der Waals surface area contributed by atoms with Gasteiger partial charge < -0.3 is 10.1 Å². The molecule has 0 spiro atoms. The first-order chi connectivity index (χ1) is 8.99. The first kappa shape index (κ1) is 14.0. The van der Waals surface area contributed by atoms with Gasteiger partial charge in [0.25, 0.3) is 0 Å². The van der Waals surface area contributed by atoms with Crippen LogP contribution in [0.5, 0.6) is 0 Å². The summed E-state index contributed by atoms with van der Waals surface area (Å²) in [6, 6.07) is -1.16. The third-order valence-corrected chi connectivity index (χ3v) is 5.29. The molecule has 0 amide bonds. The van der Waals surface area contributed by atoms with Crippen LogP contribution in [0.1, 0.15) is 31.4 Å². The second-order valence-corrected chi connectivity index (χ2v) is 6.73. The van der Waals surface area contributed by atoms with E-state index in [2.05, 4.69) is 14.7 Å². The predicted molar refractivity (Wildman–Crippen MR) is 68.0 cm³/mol. The van der Waals surface area contributed by atoms with Gasteiger partial charge in [0.1, 0.15) is 6.04 Å². The van der Waals surface area contributed by atoms with Crippen LogP contribution in [0.3, 0.4) is 0 Å². The fourth-order valence-electron chi connectivity index (χ4n) is 2.29. The molecule has 1 aliphatic rings. The summed E-state index contributed by atoms with van der Waals surface area (Å²) in [5.74, 6) is -1.18. The monoisotopic (exact) mass is 287 g/mol. The van der Waals surface area contributed by atoms with Crippen molar-refractivity contribution in [3.63, 3.8) is 0 Å². The van der Waals surface area contributed by atoms with E-state index in [-0.39, 0.29) is 6.42 Å². The maximum absolute atomic E-state index is 12.1. The molecule has 1 saturated carbocycles. The molecular weight excluding hydrogens is 270 g/mol. The first-order valence-corrected chi connectivity index (χ1v) is 7.75. The molecule has 106 valence electrons. The Morgan fingerprint density at radius 2 is 2.21 bits per heavy atom. The van der Waals surface area contributed by atoms with Gasteiger partial charge in [-0.3, -0.25) is 4.79 Å². The number of nitrogens with one attached hydrogen (secondary N) is 2. The molecule has 0 aromatic carbocycles. The van der Waals surface area contributed by atoms with Crippen molar-refractivity contribution in [3.05, 3.63) is 18.2 Å².